The topological polar surface area (TPSA) is 89.2 Å². The molecule has 0 radical (unpaired) electrons. The zero-order chi connectivity index (χ0) is 16.8. The normalized spacial score (nSPS) is 24.5. The number of benzene rings is 1. The largest absolute Gasteiger partial charge is 0.368 e. The van der Waals surface area contributed by atoms with E-state index in [0.717, 1.165) is 12.0 Å². The third kappa shape index (κ3) is 2.35. The van der Waals surface area contributed by atoms with Crippen LogP contribution < -0.4 is 5.73 Å². The number of fused-ring (bicyclic) bond motifs is 1. The number of aryl methyl sites for hydroxylation is 1. The van der Waals surface area contributed by atoms with E-state index in [1.165, 1.54) is 0 Å². The standard InChI is InChI=1S/C18H18N4O2/c1-10-20-9-13(16(21-10)11-5-3-2-4-6-11)18(24)22-14-7-12(14)8-15(22)17(19)23/h2-6,9,12,14-15H,7-8H2,1H3,(H2,19,23)/t12-,14+,15+/m1/s1. The summed E-state index contributed by atoms with van der Waals surface area (Å²) in [7, 11) is 0. The minimum atomic E-state index is -0.522. The van der Waals surface area contributed by atoms with Gasteiger partial charge in [0.1, 0.15) is 11.9 Å². The summed E-state index contributed by atoms with van der Waals surface area (Å²) < 4.78 is 0. The Morgan fingerprint density at radius 2 is 1.96 bits per heavy atom. The van der Waals surface area contributed by atoms with Gasteiger partial charge in [0, 0.05) is 17.8 Å². The second-order valence-corrected chi connectivity index (χ2v) is 6.47. The lowest BCUT2D eigenvalue weighted by molar-refractivity contribution is -0.122. The van der Waals surface area contributed by atoms with E-state index < -0.39 is 11.9 Å². The van der Waals surface area contributed by atoms with Crippen molar-refractivity contribution in [1.29, 1.82) is 0 Å². The van der Waals surface area contributed by atoms with Crippen LogP contribution in [0.5, 0.6) is 0 Å². The highest BCUT2D eigenvalue weighted by molar-refractivity contribution is 6.02. The summed E-state index contributed by atoms with van der Waals surface area (Å²) in [4.78, 5) is 35.2. The molecule has 2 aliphatic rings. The molecule has 2 fully saturated rings. The van der Waals surface area contributed by atoms with Gasteiger partial charge in [0.05, 0.1) is 11.3 Å². The Morgan fingerprint density at radius 3 is 2.67 bits per heavy atom. The van der Waals surface area contributed by atoms with Crippen LogP contribution in [0.25, 0.3) is 11.3 Å². The zero-order valence-corrected chi connectivity index (χ0v) is 13.3. The number of aromatic nitrogens is 2. The summed E-state index contributed by atoms with van der Waals surface area (Å²) >= 11 is 0. The number of likely N-dealkylation sites (tertiary alicyclic amines) is 1. The van der Waals surface area contributed by atoms with Crippen molar-refractivity contribution in [3.8, 4) is 11.3 Å². The maximum atomic E-state index is 13.1. The molecule has 122 valence electrons. The van der Waals surface area contributed by atoms with Gasteiger partial charge in [-0.3, -0.25) is 9.59 Å². The molecule has 0 spiro atoms. The van der Waals surface area contributed by atoms with Crippen molar-refractivity contribution in [3.63, 3.8) is 0 Å². The highest BCUT2D eigenvalue weighted by atomic mass is 16.2. The number of hydrogen-bond acceptors (Lipinski definition) is 4. The first-order valence-corrected chi connectivity index (χ1v) is 8.07. The van der Waals surface area contributed by atoms with Crippen molar-refractivity contribution < 1.29 is 9.59 Å². The first-order chi connectivity index (χ1) is 11.6. The van der Waals surface area contributed by atoms with Crippen molar-refractivity contribution in [2.24, 2.45) is 11.7 Å². The minimum Gasteiger partial charge on any atom is -0.368 e. The maximum absolute atomic E-state index is 13.1. The van der Waals surface area contributed by atoms with Gasteiger partial charge in [-0.1, -0.05) is 30.3 Å². The van der Waals surface area contributed by atoms with Gasteiger partial charge in [0.15, 0.2) is 0 Å². The Morgan fingerprint density at radius 1 is 1.21 bits per heavy atom. The third-order valence-electron chi connectivity index (χ3n) is 4.85. The Balaban J connectivity index is 1.76. The molecule has 6 nitrogen and oxygen atoms in total. The van der Waals surface area contributed by atoms with Crippen LogP contribution in [0.4, 0.5) is 0 Å². The highest BCUT2D eigenvalue weighted by Crippen LogP contribution is 2.48. The number of amides is 2. The summed E-state index contributed by atoms with van der Waals surface area (Å²) in [6.45, 7) is 1.79. The molecule has 1 aromatic carbocycles. The van der Waals surface area contributed by atoms with Crippen LogP contribution in [-0.4, -0.2) is 38.8 Å². The van der Waals surface area contributed by atoms with Gasteiger partial charge in [0.25, 0.3) is 5.91 Å². The van der Waals surface area contributed by atoms with E-state index in [4.69, 9.17) is 5.73 Å². The summed E-state index contributed by atoms with van der Waals surface area (Å²) in [5.41, 5.74) is 7.37. The molecular formula is C18H18N4O2. The molecule has 2 N–H and O–H groups in total. The van der Waals surface area contributed by atoms with Crippen molar-refractivity contribution in [3.05, 3.63) is 47.9 Å². The van der Waals surface area contributed by atoms with Crippen LogP contribution in [0.1, 0.15) is 29.0 Å². The highest BCUT2D eigenvalue weighted by Gasteiger charge is 2.56. The maximum Gasteiger partial charge on any atom is 0.258 e. The van der Waals surface area contributed by atoms with E-state index in [9.17, 15) is 9.59 Å². The average Bonchev–Trinajstić information content (AvgIpc) is 3.25. The number of hydrogen-bond donors (Lipinski definition) is 1. The second-order valence-electron chi connectivity index (χ2n) is 6.47. The summed E-state index contributed by atoms with van der Waals surface area (Å²) in [6.07, 6.45) is 3.17. The Labute approximate surface area is 139 Å². The van der Waals surface area contributed by atoms with Crippen molar-refractivity contribution in [2.45, 2.75) is 31.8 Å². The van der Waals surface area contributed by atoms with Crippen LogP contribution >= 0.6 is 0 Å². The first kappa shape index (κ1) is 14.8. The lowest BCUT2D eigenvalue weighted by Crippen LogP contribution is -2.46. The Bertz CT molecular complexity index is 821. The molecule has 6 heteroatoms. The molecule has 0 bridgehead atoms. The van der Waals surface area contributed by atoms with Crippen molar-refractivity contribution in [2.75, 3.05) is 0 Å². The number of nitrogens with two attached hydrogens (primary N) is 1. The summed E-state index contributed by atoms with van der Waals surface area (Å²) in [5, 5.41) is 0. The number of nitrogens with zero attached hydrogens (tertiary/aromatic N) is 3. The van der Waals surface area contributed by atoms with E-state index in [2.05, 4.69) is 9.97 Å². The van der Waals surface area contributed by atoms with Gasteiger partial charge in [0.2, 0.25) is 5.91 Å². The van der Waals surface area contributed by atoms with E-state index in [1.54, 1.807) is 18.0 Å². The molecule has 3 atom stereocenters. The Hall–Kier alpha value is -2.76. The van der Waals surface area contributed by atoms with Gasteiger partial charge < -0.3 is 10.6 Å². The second kappa shape index (κ2) is 5.40. The molecule has 1 aliphatic heterocycles. The van der Waals surface area contributed by atoms with Gasteiger partial charge in [-0.05, 0) is 25.7 Å². The molecule has 1 saturated carbocycles. The number of rotatable bonds is 3. The SMILES string of the molecule is Cc1ncc(C(=O)N2[C@H](C(N)=O)C[C@H]3C[C@@H]32)c(-c2ccccc2)n1. The van der Waals surface area contributed by atoms with Crippen LogP contribution in [-0.2, 0) is 4.79 Å². The zero-order valence-electron chi connectivity index (χ0n) is 13.3. The van der Waals surface area contributed by atoms with Crippen LogP contribution in [0, 0.1) is 12.8 Å². The van der Waals surface area contributed by atoms with E-state index in [0.29, 0.717) is 29.4 Å². The fourth-order valence-electron chi connectivity index (χ4n) is 3.58. The van der Waals surface area contributed by atoms with E-state index in [1.807, 2.05) is 30.3 Å². The molecule has 1 aliphatic carbocycles. The number of carbonyl (C=O) groups excluding carboxylic acids is 2. The number of piperidine rings is 1. The molecule has 2 aromatic rings. The molecule has 2 amide bonds. The summed E-state index contributed by atoms with van der Waals surface area (Å²) in [5.74, 6) is 0.355. The predicted molar refractivity (Wildman–Crippen MR) is 87.9 cm³/mol. The van der Waals surface area contributed by atoms with Gasteiger partial charge in [-0.2, -0.15) is 0 Å². The minimum absolute atomic E-state index is 0.125. The quantitative estimate of drug-likeness (QED) is 0.928. The van der Waals surface area contributed by atoms with Crippen molar-refractivity contribution in [1.82, 2.24) is 14.9 Å². The van der Waals surface area contributed by atoms with Crippen LogP contribution in [0.15, 0.2) is 36.5 Å². The lowest BCUT2D eigenvalue weighted by Gasteiger charge is -2.26. The summed E-state index contributed by atoms with van der Waals surface area (Å²) in [6, 6.07) is 9.14. The molecule has 0 unspecified atom stereocenters. The molecule has 1 saturated heterocycles. The van der Waals surface area contributed by atoms with E-state index >= 15 is 0 Å². The molecule has 4 rings (SSSR count). The molecule has 1 aromatic heterocycles. The fraction of sp³-hybridized carbons (Fsp3) is 0.333. The molecule has 24 heavy (non-hydrogen) atoms. The first-order valence-electron chi connectivity index (χ1n) is 8.07. The number of carbonyl (C=O) groups is 2. The van der Waals surface area contributed by atoms with Crippen LogP contribution in [0.2, 0.25) is 0 Å². The molecular weight excluding hydrogens is 304 g/mol. The smallest absolute Gasteiger partial charge is 0.258 e. The predicted octanol–water partition coefficient (Wildman–Crippen LogP) is 1.54. The van der Waals surface area contributed by atoms with Crippen molar-refractivity contribution >= 4 is 11.8 Å². The van der Waals surface area contributed by atoms with Crippen LogP contribution in [0.3, 0.4) is 0 Å². The number of primary amides is 1. The van der Waals surface area contributed by atoms with Gasteiger partial charge in [-0.25, -0.2) is 9.97 Å². The van der Waals surface area contributed by atoms with E-state index in [-0.39, 0.29) is 11.9 Å². The lowest BCUT2D eigenvalue weighted by atomic mass is 10.0. The van der Waals surface area contributed by atoms with Gasteiger partial charge >= 0.3 is 0 Å². The third-order valence-corrected chi connectivity index (χ3v) is 4.85. The monoisotopic (exact) mass is 322 g/mol. The Kier molecular flexibility index (Phi) is 3.33. The average molecular weight is 322 g/mol. The fourth-order valence-corrected chi connectivity index (χ4v) is 3.58. The molecule has 2 heterocycles. The van der Waals surface area contributed by atoms with Gasteiger partial charge in [-0.15, -0.1) is 0 Å².